The van der Waals surface area contributed by atoms with Crippen molar-refractivity contribution in [3.8, 4) is 0 Å². The van der Waals surface area contributed by atoms with Crippen molar-refractivity contribution >= 4 is 17.4 Å². The van der Waals surface area contributed by atoms with Crippen LogP contribution in [-0.4, -0.2) is 16.5 Å². The minimum absolute atomic E-state index is 0.395. The van der Waals surface area contributed by atoms with E-state index in [4.69, 9.17) is 16.6 Å². The molecule has 0 aliphatic heterocycles. The van der Waals surface area contributed by atoms with Crippen molar-refractivity contribution in [3.05, 3.63) is 53.5 Å². The highest BCUT2D eigenvalue weighted by Gasteiger charge is 2.11. The number of alkyl halides is 1. The van der Waals surface area contributed by atoms with E-state index >= 15 is 0 Å². The Morgan fingerprint density at radius 3 is 2.43 bits per heavy atom. The Morgan fingerprint density at radius 1 is 1.14 bits per heavy atom. The molecule has 0 atom stereocenters. The van der Waals surface area contributed by atoms with E-state index in [2.05, 4.69) is 42.8 Å². The average molecular weight is 304 g/mol. The molecule has 3 nitrogen and oxygen atoms in total. The summed E-state index contributed by atoms with van der Waals surface area (Å²) in [5.74, 6) is 1.91. The number of anilines is 1. The Morgan fingerprint density at radius 2 is 1.86 bits per heavy atom. The van der Waals surface area contributed by atoms with Crippen LogP contribution in [0.1, 0.15) is 43.5 Å². The van der Waals surface area contributed by atoms with Crippen LogP contribution in [0.15, 0.2) is 36.7 Å². The molecular formula is C17H22ClN3. The van der Waals surface area contributed by atoms with E-state index in [1.165, 1.54) is 5.56 Å². The molecule has 2 heterocycles. The Labute approximate surface area is 132 Å². The van der Waals surface area contributed by atoms with Gasteiger partial charge in [-0.1, -0.05) is 13.8 Å². The number of pyridine rings is 2. The van der Waals surface area contributed by atoms with Gasteiger partial charge in [0, 0.05) is 37.1 Å². The third-order valence-electron chi connectivity index (χ3n) is 3.47. The molecule has 0 spiro atoms. The molecule has 0 amide bonds. The number of rotatable bonds is 6. The predicted octanol–water partition coefficient (Wildman–Crippen LogP) is 4.37. The van der Waals surface area contributed by atoms with Crippen LogP contribution in [0.3, 0.4) is 0 Å². The Kier molecular flexibility index (Phi) is 5.57. The summed E-state index contributed by atoms with van der Waals surface area (Å²) in [6.45, 7) is 8.19. The van der Waals surface area contributed by atoms with Crippen molar-refractivity contribution in [2.45, 2.75) is 39.1 Å². The van der Waals surface area contributed by atoms with Gasteiger partial charge < -0.3 is 4.90 Å². The molecule has 0 saturated carbocycles. The van der Waals surface area contributed by atoms with E-state index in [0.717, 1.165) is 30.2 Å². The third kappa shape index (κ3) is 4.18. The van der Waals surface area contributed by atoms with Gasteiger partial charge in [-0.15, -0.1) is 11.6 Å². The molecule has 2 aromatic heterocycles. The quantitative estimate of drug-likeness (QED) is 0.742. The lowest BCUT2D eigenvalue weighted by atomic mass is 10.1. The molecule has 0 radical (unpaired) electrons. The molecule has 21 heavy (non-hydrogen) atoms. The Balaban J connectivity index is 2.30. The standard InChI is InChI=1S/C17H22ClN3/c1-4-21(12-14-5-7-19-8-6-14)17-10-15(11-18)9-16(20-17)13(2)3/h5-10,13H,4,11-12H2,1-3H3. The summed E-state index contributed by atoms with van der Waals surface area (Å²) in [5, 5.41) is 0. The lowest BCUT2D eigenvalue weighted by molar-refractivity contribution is 0.776. The van der Waals surface area contributed by atoms with Gasteiger partial charge in [-0.2, -0.15) is 0 Å². The van der Waals surface area contributed by atoms with Gasteiger partial charge in [0.2, 0.25) is 0 Å². The minimum atomic E-state index is 0.395. The summed E-state index contributed by atoms with van der Waals surface area (Å²) in [5.41, 5.74) is 3.45. The number of nitrogens with zero attached hydrogens (tertiary/aromatic N) is 3. The predicted molar refractivity (Wildman–Crippen MR) is 88.8 cm³/mol. The highest BCUT2D eigenvalue weighted by atomic mass is 35.5. The largest absolute Gasteiger partial charge is 0.353 e. The van der Waals surface area contributed by atoms with E-state index in [1.54, 1.807) is 0 Å². The van der Waals surface area contributed by atoms with Gasteiger partial charge in [0.15, 0.2) is 0 Å². The zero-order chi connectivity index (χ0) is 15.2. The molecule has 0 aromatic carbocycles. The van der Waals surface area contributed by atoms with Crippen molar-refractivity contribution in [1.29, 1.82) is 0 Å². The van der Waals surface area contributed by atoms with Crippen LogP contribution in [-0.2, 0) is 12.4 Å². The fourth-order valence-corrected chi connectivity index (χ4v) is 2.35. The van der Waals surface area contributed by atoms with Crippen molar-refractivity contribution in [1.82, 2.24) is 9.97 Å². The van der Waals surface area contributed by atoms with Gasteiger partial charge >= 0.3 is 0 Å². The summed E-state index contributed by atoms with van der Waals surface area (Å²) < 4.78 is 0. The topological polar surface area (TPSA) is 29.0 Å². The van der Waals surface area contributed by atoms with E-state index < -0.39 is 0 Å². The number of aromatic nitrogens is 2. The molecule has 0 aliphatic rings. The SMILES string of the molecule is CCN(Cc1ccncc1)c1cc(CCl)cc(C(C)C)n1. The van der Waals surface area contributed by atoms with Crippen LogP contribution in [0.5, 0.6) is 0 Å². The molecule has 0 aliphatic carbocycles. The molecule has 2 rings (SSSR count). The summed E-state index contributed by atoms with van der Waals surface area (Å²) in [6.07, 6.45) is 3.65. The molecule has 0 unspecified atom stereocenters. The van der Waals surface area contributed by atoms with Gasteiger partial charge in [0.1, 0.15) is 5.82 Å². The first kappa shape index (κ1) is 15.8. The second-order valence-electron chi connectivity index (χ2n) is 5.42. The molecule has 112 valence electrons. The van der Waals surface area contributed by atoms with Gasteiger partial charge in [0.05, 0.1) is 0 Å². The Bertz CT molecular complexity index is 570. The van der Waals surface area contributed by atoms with Crippen LogP contribution < -0.4 is 4.90 Å². The first-order chi connectivity index (χ1) is 10.1. The molecule has 4 heteroatoms. The van der Waals surface area contributed by atoms with Crippen LogP contribution in [0.2, 0.25) is 0 Å². The molecular weight excluding hydrogens is 282 g/mol. The Hall–Kier alpha value is -1.61. The zero-order valence-electron chi connectivity index (χ0n) is 12.9. The zero-order valence-corrected chi connectivity index (χ0v) is 13.6. The maximum Gasteiger partial charge on any atom is 0.129 e. The van der Waals surface area contributed by atoms with Crippen LogP contribution in [0, 0.1) is 0 Å². The minimum Gasteiger partial charge on any atom is -0.353 e. The van der Waals surface area contributed by atoms with E-state index in [-0.39, 0.29) is 0 Å². The van der Waals surface area contributed by atoms with E-state index in [9.17, 15) is 0 Å². The second-order valence-corrected chi connectivity index (χ2v) is 5.68. The third-order valence-corrected chi connectivity index (χ3v) is 3.77. The van der Waals surface area contributed by atoms with Crippen LogP contribution in [0.25, 0.3) is 0 Å². The summed E-state index contributed by atoms with van der Waals surface area (Å²) in [4.78, 5) is 11.1. The van der Waals surface area contributed by atoms with Gasteiger partial charge in [-0.05, 0) is 48.2 Å². The smallest absolute Gasteiger partial charge is 0.129 e. The summed E-state index contributed by atoms with van der Waals surface area (Å²) in [6, 6.07) is 8.26. The van der Waals surface area contributed by atoms with Crippen molar-refractivity contribution in [2.24, 2.45) is 0 Å². The summed E-state index contributed by atoms with van der Waals surface area (Å²) >= 11 is 6.03. The summed E-state index contributed by atoms with van der Waals surface area (Å²) in [7, 11) is 0. The van der Waals surface area contributed by atoms with Gasteiger partial charge in [-0.25, -0.2) is 4.98 Å². The van der Waals surface area contributed by atoms with Crippen LogP contribution in [0.4, 0.5) is 5.82 Å². The molecule has 0 fully saturated rings. The van der Waals surface area contributed by atoms with Crippen LogP contribution >= 0.6 is 11.6 Å². The number of hydrogen-bond acceptors (Lipinski definition) is 3. The van der Waals surface area contributed by atoms with E-state index in [1.807, 2.05) is 24.5 Å². The van der Waals surface area contributed by atoms with Gasteiger partial charge in [-0.3, -0.25) is 4.98 Å². The maximum atomic E-state index is 6.03. The highest BCUT2D eigenvalue weighted by Crippen LogP contribution is 2.22. The van der Waals surface area contributed by atoms with Gasteiger partial charge in [0.25, 0.3) is 0 Å². The highest BCUT2D eigenvalue weighted by molar-refractivity contribution is 6.17. The second kappa shape index (κ2) is 7.41. The van der Waals surface area contributed by atoms with E-state index in [0.29, 0.717) is 11.8 Å². The lowest BCUT2D eigenvalue weighted by Crippen LogP contribution is -2.23. The first-order valence-electron chi connectivity index (χ1n) is 7.34. The van der Waals surface area contributed by atoms with Crippen molar-refractivity contribution < 1.29 is 0 Å². The molecule has 0 N–H and O–H groups in total. The normalized spacial score (nSPS) is 10.9. The fraction of sp³-hybridized carbons (Fsp3) is 0.412. The monoisotopic (exact) mass is 303 g/mol. The van der Waals surface area contributed by atoms with Crippen molar-refractivity contribution in [3.63, 3.8) is 0 Å². The fourth-order valence-electron chi connectivity index (χ4n) is 2.19. The molecule has 2 aromatic rings. The molecule has 0 saturated heterocycles. The number of halogens is 1. The average Bonchev–Trinajstić information content (AvgIpc) is 2.53. The molecule has 0 bridgehead atoms. The van der Waals surface area contributed by atoms with Crippen molar-refractivity contribution in [2.75, 3.05) is 11.4 Å². The maximum absolute atomic E-state index is 6.03. The lowest BCUT2D eigenvalue weighted by Gasteiger charge is -2.24. The number of hydrogen-bond donors (Lipinski definition) is 0. The first-order valence-corrected chi connectivity index (χ1v) is 7.88.